The minimum atomic E-state index is -4.68. The molecule has 0 radical (unpaired) electrons. The number of benzene rings is 1. The molecule has 0 aliphatic carbocycles. The Balaban J connectivity index is 0.00000264. The molecular weight excluding hydrogens is 333 g/mol. The van der Waals surface area contributed by atoms with E-state index in [-0.39, 0.29) is 30.0 Å². The summed E-state index contributed by atoms with van der Waals surface area (Å²) < 4.78 is 39.9. The van der Waals surface area contributed by atoms with E-state index in [9.17, 15) is 18.0 Å². The molecule has 23 heavy (non-hydrogen) atoms. The fraction of sp³-hybridized carbons (Fsp3) is 0.533. The fourth-order valence-electron chi connectivity index (χ4n) is 2.41. The van der Waals surface area contributed by atoms with Gasteiger partial charge in [-0.15, -0.1) is 25.6 Å². The average Bonchev–Trinajstić information content (AvgIpc) is 2.48. The molecule has 1 fully saturated rings. The van der Waals surface area contributed by atoms with E-state index < -0.39 is 6.36 Å². The molecule has 1 aromatic carbocycles. The van der Waals surface area contributed by atoms with Gasteiger partial charge in [0, 0.05) is 13.1 Å². The highest BCUT2D eigenvalue weighted by molar-refractivity contribution is 5.85. The molecule has 1 atom stereocenters. The summed E-state index contributed by atoms with van der Waals surface area (Å²) >= 11 is 0. The molecule has 1 heterocycles. The maximum atomic E-state index is 12.0. The molecule has 1 saturated heterocycles. The molecule has 1 unspecified atom stereocenters. The Bertz CT molecular complexity index is 488. The van der Waals surface area contributed by atoms with Crippen LogP contribution in [0.15, 0.2) is 24.3 Å². The average molecular weight is 353 g/mol. The van der Waals surface area contributed by atoms with Crippen molar-refractivity contribution in [3.05, 3.63) is 29.8 Å². The number of piperidine rings is 1. The molecular formula is C15H20ClF3N2O2. The van der Waals surface area contributed by atoms with Gasteiger partial charge < -0.3 is 15.4 Å². The Morgan fingerprint density at radius 1 is 1.30 bits per heavy atom. The first-order chi connectivity index (χ1) is 10.4. The van der Waals surface area contributed by atoms with E-state index in [1.165, 1.54) is 12.1 Å². The molecule has 0 saturated carbocycles. The van der Waals surface area contributed by atoms with Crippen LogP contribution >= 0.6 is 12.4 Å². The Hall–Kier alpha value is -1.47. The van der Waals surface area contributed by atoms with Crippen LogP contribution in [0.1, 0.15) is 18.4 Å². The summed E-state index contributed by atoms with van der Waals surface area (Å²) in [6.07, 6.45) is -2.22. The summed E-state index contributed by atoms with van der Waals surface area (Å²) in [5, 5.41) is 6.05. The van der Waals surface area contributed by atoms with Crippen LogP contribution in [0.25, 0.3) is 0 Å². The molecule has 0 bridgehead atoms. The van der Waals surface area contributed by atoms with Gasteiger partial charge in [-0.25, -0.2) is 0 Å². The lowest BCUT2D eigenvalue weighted by atomic mass is 9.99. The topological polar surface area (TPSA) is 50.4 Å². The Morgan fingerprint density at radius 2 is 2.00 bits per heavy atom. The van der Waals surface area contributed by atoms with Crippen LogP contribution in [-0.4, -0.2) is 31.9 Å². The Morgan fingerprint density at radius 3 is 2.57 bits per heavy atom. The first kappa shape index (κ1) is 19.6. The lowest BCUT2D eigenvalue weighted by Gasteiger charge is -2.21. The smallest absolute Gasteiger partial charge is 0.406 e. The van der Waals surface area contributed by atoms with Crippen LogP contribution in [0.4, 0.5) is 13.2 Å². The van der Waals surface area contributed by atoms with Crippen molar-refractivity contribution in [2.45, 2.75) is 25.6 Å². The predicted molar refractivity (Wildman–Crippen MR) is 82.7 cm³/mol. The zero-order valence-corrected chi connectivity index (χ0v) is 13.3. The molecule has 2 N–H and O–H groups in total. The lowest BCUT2D eigenvalue weighted by molar-refractivity contribution is -0.274. The number of carbonyl (C=O) groups excluding carboxylic acids is 1. The third-order valence-electron chi connectivity index (χ3n) is 3.54. The van der Waals surface area contributed by atoms with Crippen molar-refractivity contribution < 1.29 is 22.7 Å². The van der Waals surface area contributed by atoms with Gasteiger partial charge in [-0.2, -0.15) is 0 Å². The molecule has 130 valence electrons. The first-order valence-electron chi connectivity index (χ1n) is 7.27. The van der Waals surface area contributed by atoms with Crippen LogP contribution in [0.5, 0.6) is 5.75 Å². The van der Waals surface area contributed by atoms with E-state index in [2.05, 4.69) is 15.4 Å². The van der Waals surface area contributed by atoms with Crippen molar-refractivity contribution >= 4 is 18.3 Å². The van der Waals surface area contributed by atoms with Gasteiger partial charge in [0.1, 0.15) is 5.75 Å². The minimum Gasteiger partial charge on any atom is -0.406 e. The molecule has 8 heteroatoms. The number of carbonyl (C=O) groups is 1. The highest BCUT2D eigenvalue weighted by Gasteiger charge is 2.30. The van der Waals surface area contributed by atoms with Crippen molar-refractivity contribution in [3.8, 4) is 5.75 Å². The van der Waals surface area contributed by atoms with Crippen LogP contribution in [-0.2, 0) is 11.2 Å². The maximum absolute atomic E-state index is 12.0. The first-order valence-corrected chi connectivity index (χ1v) is 7.27. The summed E-state index contributed by atoms with van der Waals surface area (Å²) in [6.45, 7) is 2.13. The number of hydrogen-bond donors (Lipinski definition) is 2. The monoisotopic (exact) mass is 352 g/mol. The van der Waals surface area contributed by atoms with Gasteiger partial charge in [0.2, 0.25) is 5.91 Å². The molecule has 0 spiro atoms. The Labute approximate surface area is 139 Å². The number of ether oxygens (including phenoxy) is 1. The van der Waals surface area contributed by atoms with Crippen molar-refractivity contribution in [2.24, 2.45) is 5.92 Å². The highest BCUT2D eigenvalue weighted by Crippen LogP contribution is 2.22. The zero-order valence-electron chi connectivity index (χ0n) is 12.5. The molecule has 1 aliphatic heterocycles. The van der Waals surface area contributed by atoms with E-state index in [1.807, 2.05) is 0 Å². The normalized spacial score (nSPS) is 18.0. The van der Waals surface area contributed by atoms with E-state index in [0.717, 1.165) is 24.9 Å². The van der Waals surface area contributed by atoms with Gasteiger partial charge in [-0.1, -0.05) is 12.1 Å². The van der Waals surface area contributed by atoms with Gasteiger partial charge in [0.25, 0.3) is 0 Å². The van der Waals surface area contributed by atoms with Crippen molar-refractivity contribution in [2.75, 3.05) is 19.6 Å². The fourth-order valence-corrected chi connectivity index (χ4v) is 2.41. The third kappa shape index (κ3) is 7.09. The van der Waals surface area contributed by atoms with Crippen molar-refractivity contribution in [1.29, 1.82) is 0 Å². The molecule has 0 aromatic heterocycles. The van der Waals surface area contributed by atoms with Gasteiger partial charge >= 0.3 is 6.36 Å². The third-order valence-corrected chi connectivity index (χ3v) is 3.54. The number of halogens is 4. The van der Waals surface area contributed by atoms with E-state index in [0.29, 0.717) is 19.5 Å². The number of alkyl halides is 3. The summed E-state index contributed by atoms with van der Waals surface area (Å²) in [6, 6.07) is 5.68. The van der Waals surface area contributed by atoms with Gasteiger partial charge in [0.05, 0.1) is 5.92 Å². The van der Waals surface area contributed by atoms with Crippen LogP contribution in [0.3, 0.4) is 0 Å². The standard InChI is InChI=1S/C15H19F3N2O2.ClH/c16-15(17,18)22-13-5-3-11(4-6-13)7-9-20-14(21)12-2-1-8-19-10-12;/h3-6,12,19H,1-2,7-10H2,(H,20,21);1H. The zero-order chi connectivity index (χ0) is 16.0. The van der Waals surface area contributed by atoms with Gasteiger partial charge in [-0.05, 0) is 43.5 Å². The second-order valence-corrected chi connectivity index (χ2v) is 5.28. The molecule has 2 rings (SSSR count). The van der Waals surface area contributed by atoms with Crippen LogP contribution in [0, 0.1) is 5.92 Å². The number of nitrogens with one attached hydrogen (secondary N) is 2. The predicted octanol–water partition coefficient (Wildman–Crippen LogP) is 2.67. The summed E-state index contributed by atoms with van der Waals surface area (Å²) in [7, 11) is 0. The van der Waals surface area contributed by atoms with E-state index in [4.69, 9.17) is 0 Å². The summed E-state index contributed by atoms with van der Waals surface area (Å²) in [5.74, 6) is -0.200. The number of amides is 1. The van der Waals surface area contributed by atoms with Crippen LogP contribution in [0.2, 0.25) is 0 Å². The minimum absolute atomic E-state index is 0. The lowest BCUT2D eigenvalue weighted by Crippen LogP contribution is -2.41. The maximum Gasteiger partial charge on any atom is 0.573 e. The van der Waals surface area contributed by atoms with Crippen LogP contribution < -0.4 is 15.4 Å². The Kier molecular flexibility index (Phi) is 7.64. The second-order valence-electron chi connectivity index (χ2n) is 5.28. The van der Waals surface area contributed by atoms with Gasteiger partial charge in [-0.3, -0.25) is 4.79 Å². The van der Waals surface area contributed by atoms with E-state index >= 15 is 0 Å². The molecule has 1 amide bonds. The number of hydrogen-bond acceptors (Lipinski definition) is 3. The molecule has 1 aromatic rings. The van der Waals surface area contributed by atoms with E-state index in [1.54, 1.807) is 12.1 Å². The quantitative estimate of drug-likeness (QED) is 0.856. The highest BCUT2D eigenvalue weighted by atomic mass is 35.5. The summed E-state index contributed by atoms with van der Waals surface area (Å²) in [4.78, 5) is 11.9. The van der Waals surface area contributed by atoms with Crippen molar-refractivity contribution in [1.82, 2.24) is 10.6 Å². The SMILES string of the molecule is Cl.O=C(NCCc1ccc(OC(F)(F)F)cc1)C1CCCNC1. The largest absolute Gasteiger partial charge is 0.573 e. The van der Waals surface area contributed by atoms with Gasteiger partial charge in [0.15, 0.2) is 0 Å². The number of rotatable bonds is 5. The summed E-state index contributed by atoms with van der Waals surface area (Å²) in [5.41, 5.74) is 0.844. The molecule has 1 aliphatic rings. The van der Waals surface area contributed by atoms with Crippen molar-refractivity contribution in [3.63, 3.8) is 0 Å². The molecule has 4 nitrogen and oxygen atoms in total. The second kappa shape index (κ2) is 8.98.